The van der Waals surface area contributed by atoms with Gasteiger partial charge in [-0.05, 0) is 25.1 Å². The largest absolute Gasteiger partial charge is 0.335 e. The van der Waals surface area contributed by atoms with Crippen molar-refractivity contribution in [3.8, 4) is 0 Å². The van der Waals surface area contributed by atoms with Crippen LogP contribution in [0.25, 0.3) is 0 Å². The summed E-state index contributed by atoms with van der Waals surface area (Å²) in [6.45, 7) is 5.49. The van der Waals surface area contributed by atoms with E-state index in [0.717, 1.165) is 30.2 Å². The number of aryl methyl sites for hydroxylation is 1. The zero-order valence-corrected chi connectivity index (χ0v) is 15.6. The van der Waals surface area contributed by atoms with Crippen LogP contribution in [0.2, 0.25) is 0 Å². The smallest absolute Gasteiger partial charge is 0.274 e. The third-order valence-electron chi connectivity index (χ3n) is 5.44. The van der Waals surface area contributed by atoms with Crippen LogP contribution < -0.4 is 14.8 Å². The second-order valence-corrected chi connectivity index (χ2v) is 7.30. The van der Waals surface area contributed by atoms with E-state index in [1.54, 1.807) is 4.90 Å². The molecule has 2 aliphatic rings. The number of pyridine rings is 1. The van der Waals surface area contributed by atoms with Crippen LogP contribution in [0, 0.1) is 12.8 Å². The Hall–Kier alpha value is -2.89. The summed E-state index contributed by atoms with van der Waals surface area (Å²) in [5.74, 6) is 0.976. The first-order valence-electron chi connectivity index (χ1n) is 9.49. The van der Waals surface area contributed by atoms with Crippen molar-refractivity contribution in [3.05, 3.63) is 54.2 Å². The molecule has 1 atom stereocenters. The molecule has 2 amide bonds. The van der Waals surface area contributed by atoms with Gasteiger partial charge in [0.2, 0.25) is 11.8 Å². The van der Waals surface area contributed by atoms with Gasteiger partial charge in [0.05, 0.1) is 25.2 Å². The van der Waals surface area contributed by atoms with Gasteiger partial charge in [0.15, 0.2) is 0 Å². The van der Waals surface area contributed by atoms with Crippen molar-refractivity contribution in [1.82, 2.24) is 4.90 Å². The van der Waals surface area contributed by atoms with Gasteiger partial charge in [-0.2, -0.15) is 0 Å². The van der Waals surface area contributed by atoms with Gasteiger partial charge in [0.1, 0.15) is 13.1 Å². The third-order valence-corrected chi connectivity index (χ3v) is 5.44. The SMILES string of the molecule is Cc1ccc(N2C[C@H](C(=O)N3CCN(c4cccc[nH+]4)CC3)CC2=O)cc1. The fraction of sp³-hybridized carbons (Fsp3) is 0.381. The van der Waals surface area contributed by atoms with E-state index in [0.29, 0.717) is 26.1 Å². The molecule has 0 spiro atoms. The molecule has 1 aromatic carbocycles. The Labute approximate surface area is 159 Å². The van der Waals surface area contributed by atoms with Crippen molar-refractivity contribution >= 4 is 23.3 Å². The van der Waals surface area contributed by atoms with E-state index in [4.69, 9.17) is 0 Å². The van der Waals surface area contributed by atoms with E-state index < -0.39 is 0 Å². The second kappa shape index (κ2) is 7.39. The molecule has 4 rings (SSSR count). The molecule has 2 aromatic rings. The molecule has 0 radical (unpaired) electrons. The van der Waals surface area contributed by atoms with Gasteiger partial charge >= 0.3 is 0 Å². The first kappa shape index (κ1) is 17.5. The normalized spacial score (nSPS) is 20.3. The molecule has 1 aromatic heterocycles. The Kier molecular flexibility index (Phi) is 4.79. The summed E-state index contributed by atoms with van der Waals surface area (Å²) in [6, 6.07) is 13.9. The van der Waals surface area contributed by atoms with Gasteiger partial charge < -0.3 is 9.80 Å². The minimum atomic E-state index is -0.242. The number of carbonyl (C=O) groups excluding carboxylic acids is 2. The highest BCUT2D eigenvalue weighted by Gasteiger charge is 2.38. The molecule has 1 N–H and O–H groups in total. The minimum absolute atomic E-state index is 0.0368. The molecule has 2 fully saturated rings. The van der Waals surface area contributed by atoms with Crippen LogP contribution in [0.1, 0.15) is 12.0 Å². The molecule has 140 valence electrons. The summed E-state index contributed by atoms with van der Waals surface area (Å²) in [4.78, 5) is 34.5. The lowest BCUT2D eigenvalue weighted by molar-refractivity contribution is -0.364. The van der Waals surface area contributed by atoms with E-state index in [2.05, 4.69) is 9.88 Å². The first-order chi connectivity index (χ1) is 13.1. The lowest BCUT2D eigenvalue weighted by Crippen LogP contribution is -2.51. The van der Waals surface area contributed by atoms with E-state index in [-0.39, 0.29) is 17.7 Å². The highest BCUT2D eigenvalue weighted by molar-refractivity contribution is 6.00. The predicted octanol–water partition coefficient (Wildman–Crippen LogP) is 1.51. The van der Waals surface area contributed by atoms with Crippen LogP contribution in [0.3, 0.4) is 0 Å². The molecule has 6 heteroatoms. The van der Waals surface area contributed by atoms with Crippen molar-refractivity contribution in [1.29, 1.82) is 0 Å². The summed E-state index contributed by atoms with van der Waals surface area (Å²) in [7, 11) is 0. The van der Waals surface area contributed by atoms with Crippen molar-refractivity contribution < 1.29 is 14.6 Å². The van der Waals surface area contributed by atoms with Crippen LogP contribution in [-0.4, -0.2) is 49.4 Å². The number of aromatic nitrogens is 1. The zero-order valence-electron chi connectivity index (χ0n) is 15.6. The maximum atomic E-state index is 12.9. The maximum Gasteiger partial charge on any atom is 0.274 e. The van der Waals surface area contributed by atoms with E-state index >= 15 is 0 Å². The average Bonchev–Trinajstić information content (AvgIpc) is 3.10. The first-order valence-corrected chi connectivity index (χ1v) is 9.49. The molecule has 2 saturated heterocycles. The van der Waals surface area contributed by atoms with Crippen molar-refractivity contribution in [2.45, 2.75) is 13.3 Å². The summed E-state index contributed by atoms with van der Waals surface area (Å²) in [5, 5.41) is 0. The highest BCUT2D eigenvalue weighted by Crippen LogP contribution is 2.27. The van der Waals surface area contributed by atoms with E-state index in [1.165, 1.54) is 0 Å². The molecule has 3 heterocycles. The van der Waals surface area contributed by atoms with E-state index in [9.17, 15) is 9.59 Å². The Morgan fingerprint density at radius 3 is 2.44 bits per heavy atom. The van der Waals surface area contributed by atoms with Gasteiger partial charge in [0.25, 0.3) is 5.82 Å². The summed E-state index contributed by atoms with van der Waals surface area (Å²) >= 11 is 0. The molecule has 0 unspecified atom stereocenters. The van der Waals surface area contributed by atoms with Crippen LogP contribution >= 0.6 is 0 Å². The van der Waals surface area contributed by atoms with Crippen LogP contribution in [0.15, 0.2) is 48.7 Å². The molecule has 0 bridgehead atoms. The van der Waals surface area contributed by atoms with E-state index in [1.807, 2.05) is 60.5 Å². The lowest BCUT2D eigenvalue weighted by Gasteiger charge is -2.32. The average molecular weight is 365 g/mol. The second-order valence-electron chi connectivity index (χ2n) is 7.30. The molecular weight excluding hydrogens is 340 g/mol. The topological polar surface area (TPSA) is 58.0 Å². The fourth-order valence-corrected chi connectivity index (χ4v) is 3.85. The maximum absolute atomic E-state index is 12.9. The standard InChI is InChI=1S/C21H24N4O2/c1-16-5-7-18(8-6-16)25-15-17(14-20(25)26)21(27)24-12-10-23(11-13-24)19-4-2-3-9-22-19/h2-9,17H,10-15H2,1H3/p+1/t17-/m1/s1. The Balaban J connectivity index is 1.36. The summed E-state index contributed by atoms with van der Waals surface area (Å²) in [6.07, 6.45) is 2.22. The number of aromatic amines is 1. The molecule has 0 aliphatic carbocycles. The molecule has 2 aliphatic heterocycles. The van der Waals surface area contributed by atoms with Gasteiger partial charge in [-0.25, -0.2) is 4.98 Å². The number of benzene rings is 1. The van der Waals surface area contributed by atoms with Gasteiger partial charge in [0, 0.05) is 24.7 Å². The zero-order chi connectivity index (χ0) is 18.8. The molecular formula is C21H25N4O2+. The number of rotatable bonds is 3. The van der Waals surface area contributed by atoms with Crippen molar-refractivity contribution in [3.63, 3.8) is 0 Å². The van der Waals surface area contributed by atoms with Gasteiger partial charge in [-0.3, -0.25) is 14.5 Å². The number of amides is 2. The highest BCUT2D eigenvalue weighted by atomic mass is 16.2. The Morgan fingerprint density at radius 1 is 1.04 bits per heavy atom. The number of anilines is 2. The van der Waals surface area contributed by atoms with Gasteiger partial charge in [-0.1, -0.05) is 23.8 Å². The quantitative estimate of drug-likeness (QED) is 0.829. The monoisotopic (exact) mass is 365 g/mol. The van der Waals surface area contributed by atoms with Crippen molar-refractivity contribution in [2.24, 2.45) is 5.92 Å². The minimum Gasteiger partial charge on any atom is -0.335 e. The van der Waals surface area contributed by atoms with Crippen molar-refractivity contribution in [2.75, 3.05) is 42.5 Å². The number of hydrogen-bond donors (Lipinski definition) is 0. The van der Waals surface area contributed by atoms with Gasteiger partial charge in [-0.15, -0.1) is 0 Å². The predicted molar refractivity (Wildman–Crippen MR) is 103 cm³/mol. The summed E-state index contributed by atoms with van der Waals surface area (Å²) in [5.41, 5.74) is 2.04. The fourth-order valence-electron chi connectivity index (χ4n) is 3.85. The number of carbonyl (C=O) groups is 2. The summed E-state index contributed by atoms with van der Waals surface area (Å²) < 4.78 is 0. The molecule has 27 heavy (non-hydrogen) atoms. The number of hydrogen-bond acceptors (Lipinski definition) is 3. The Morgan fingerprint density at radius 2 is 1.78 bits per heavy atom. The lowest BCUT2D eigenvalue weighted by atomic mass is 10.1. The van der Waals surface area contributed by atoms with Crippen LogP contribution in [0.4, 0.5) is 11.5 Å². The number of H-pyrrole nitrogens is 1. The number of piperazine rings is 1. The number of nitrogens with zero attached hydrogens (tertiary/aromatic N) is 3. The Bertz CT molecular complexity index is 814. The van der Waals surface area contributed by atoms with Crippen LogP contribution in [-0.2, 0) is 9.59 Å². The number of nitrogens with one attached hydrogen (secondary N) is 1. The molecule has 0 saturated carbocycles. The van der Waals surface area contributed by atoms with Crippen LogP contribution in [0.5, 0.6) is 0 Å². The molecule has 6 nitrogen and oxygen atoms in total. The third kappa shape index (κ3) is 3.65.